The van der Waals surface area contributed by atoms with Crippen molar-refractivity contribution in [2.75, 3.05) is 11.9 Å². The van der Waals surface area contributed by atoms with E-state index in [1.54, 1.807) is 12.4 Å². The van der Waals surface area contributed by atoms with Crippen LogP contribution in [0.5, 0.6) is 11.5 Å². The Bertz CT molecular complexity index is 939. The van der Waals surface area contributed by atoms with Gasteiger partial charge in [-0.15, -0.1) is 0 Å². The number of hydrogen-bond donors (Lipinski definition) is 1. The van der Waals surface area contributed by atoms with Crippen LogP contribution in [0.15, 0.2) is 65.3 Å². The lowest BCUT2D eigenvalue weighted by molar-refractivity contribution is -0.120. The van der Waals surface area contributed by atoms with Gasteiger partial charge in [0.15, 0.2) is 5.75 Å². The standard InChI is InChI=1S/C22H23N3O3/c1-16-10-11-18(27-16)15-25-13-5-8-20(25)22(26)24-19-7-2-3-9-21(19)28-17-6-4-12-23-14-17/h2-4,6-7,9-12,14,20H,5,8,13,15H2,1H3,(H,24,26). The van der Waals surface area contributed by atoms with Crippen LogP contribution in [0.3, 0.4) is 0 Å². The molecule has 1 saturated heterocycles. The first kappa shape index (κ1) is 18.3. The molecule has 144 valence electrons. The second-order valence-corrected chi connectivity index (χ2v) is 6.92. The van der Waals surface area contributed by atoms with Crippen molar-refractivity contribution in [2.24, 2.45) is 0 Å². The lowest BCUT2D eigenvalue weighted by Gasteiger charge is -2.23. The zero-order valence-corrected chi connectivity index (χ0v) is 15.8. The number of aromatic nitrogens is 1. The topological polar surface area (TPSA) is 67.6 Å². The molecule has 6 nitrogen and oxygen atoms in total. The molecular weight excluding hydrogens is 354 g/mol. The lowest BCUT2D eigenvalue weighted by Crippen LogP contribution is -2.39. The summed E-state index contributed by atoms with van der Waals surface area (Å²) in [7, 11) is 0. The summed E-state index contributed by atoms with van der Waals surface area (Å²) in [5, 5.41) is 3.04. The van der Waals surface area contributed by atoms with Gasteiger partial charge in [-0.1, -0.05) is 12.1 Å². The van der Waals surface area contributed by atoms with Gasteiger partial charge in [0.2, 0.25) is 5.91 Å². The quantitative estimate of drug-likeness (QED) is 0.690. The van der Waals surface area contributed by atoms with Crippen LogP contribution >= 0.6 is 0 Å². The molecular formula is C22H23N3O3. The predicted octanol–water partition coefficient (Wildman–Crippen LogP) is 4.38. The van der Waals surface area contributed by atoms with Crippen molar-refractivity contribution < 1.29 is 13.9 Å². The minimum absolute atomic E-state index is 0.0250. The van der Waals surface area contributed by atoms with Crippen LogP contribution < -0.4 is 10.1 Å². The molecule has 0 radical (unpaired) electrons. The molecule has 1 aromatic carbocycles. The number of aryl methyl sites for hydroxylation is 1. The van der Waals surface area contributed by atoms with Crippen molar-refractivity contribution >= 4 is 11.6 Å². The zero-order chi connectivity index (χ0) is 19.3. The summed E-state index contributed by atoms with van der Waals surface area (Å²) in [4.78, 5) is 19.2. The van der Waals surface area contributed by atoms with Crippen molar-refractivity contribution in [2.45, 2.75) is 32.4 Å². The molecule has 0 spiro atoms. The third kappa shape index (κ3) is 4.23. The van der Waals surface area contributed by atoms with Crippen molar-refractivity contribution in [1.82, 2.24) is 9.88 Å². The van der Waals surface area contributed by atoms with Gasteiger partial charge < -0.3 is 14.5 Å². The minimum atomic E-state index is -0.183. The molecule has 3 aromatic rings. The minimum Gasteiger partial charge on any atom is -0.465 e. The van der Waals surface area contributed by atoms with Gasteiger partial charge in [0.1, 0.15) is 17.3 Å². The summed E-state index contributed by atoms with van der Waals surface area (Å²) >= 11 is 0. The number of furan rings is 1. The molecule has 3 heterocycles. The number of carbonyl (C=O) groups excluding carboxylic acids is 1. The highest BCUT2D eigenvalue weighted by Gasteiger charge is 2.31. The number of benzene rings is 1. The number of nitrogens with one attached hydrogen (secondary N) is 1. The average molecular weight is 377 g/mol. The number of nitrogens with zero attached hydrogens (tertiary/aromatic N) is 2. The zero-order valence-electron chi connectivity index (χ0n) is 15.8. The fourth-order valence-corrected chi connectivity index (χ4v) is 3.49. The molecule has 1 aliphatic heterocycles. The van der Waals surface area contributed by atoms with Crippen LogP contribution in [-0.4, -0.2) is 28.4 Å². The number of anilines is 1. The van der Waals surface area contributed by atoms with Crippen LogP contribution in [0.2, 0.25) is 0 Å². The van der Waals surface area contributed by atoms with Crippen molar-refractivity contribution in [3.63, 3.8) is 0 Å². The van der Waals surface area contributed by atoms with Crippen molar-refractivity contribution in [1.29, 1.82) is 0 Å². The largest absolute Gasteiger partial charge is 0.465 e. The number of carbonyl (C=O) groups is 1. The highest BCUT2D eigenvalue weighted by molar-refractivity contribution is 5.96. The number of amides is 1. The first-order chi connectivity index (χ1) is 13.7. The summed E-state index contributed by atoms with van der Waals surface area (Å²) < 4.78 is 11.6. The normalized spacial score (nSPS) is 16.8. The fraction of sp³-hybridized carbons (Fsp3) is 0.273. The van der Waals surface area contributed by atoms with E-state index in [2.05, 4.69) is 15.2 Å². The lowest BCUT2D eigenvalue weighted by atomic mass is 10.2. The van der Waals surface area contributed by atoms with E-state index in [0.717, 1.165) is 30.9 Å². The smallest absolute Gasteiger partial charge is 0.241 e. The Balaban J connectivity index is 1.45. The van der Waals surface area contributed by atoms with Gasteiger partial charge in [-0.25, -0.2) is 0 Å². The first-order valence-corrected chi connectivity index (χ1v) is 9.46. The maximum absolute atomic E-state index is 13.0. The summed E-state index contributed by atoms with van der Waals surface area (Å²) in [6.07, 6.45) is 5.15. The van der Waals surface area contributed by atoms with E-state index in [9.17, 15) is 4.79 Å². The second kappa shape index (κ2) is 8.27. The van der Waals surface area contributed by atoms with E-state index in [0.29, 0.717) is 23.7 Å². The number of ether oxygens (including phenoxy) is 1. The Kier molecular flexibility index (Phi) is 5.39. The van der Waals surface area contributed by atoms with Gasteiger partial charge in [0.25, 0.3) is 0 Å². The molecule has 4 rings (SSSR count). The molecule has 2 aromatic heterocycles. The van der Waals surface area contributed by atoms with Gasteiger partial charge in [-0.05, 0) is 62.7 Å². The molecule has 0 aliphatic carbocycles. The molecule has 0 bridgehead atoms. The maximum Gasteiger partial charge on any atom is 0.241 e. The molecule has 0 saturated carbocycles. The van der Waals surface area contributed by atoms with E-state index in [4.69, 9.17) is 9.15 Å². The van der Waals surface area contributed by atoms with E-state index in [1.165, 1.54) is 0 Å². The highest BCUT2D eigenvalue weighted by Crippen LogP contribution is 2.30. The fourth-order valence-electron chi connectivity index (χ4n) is 3.49. The number of para-hydroxylation sites is 2. The van der Waals surface area contributed by atoms with Crippen molar-refractivity contribution in [3.8, 4) is 11.5 Å². The van der Waals surface area contributed by atoms with E-state index < -0.39 is 0 Å². The Morgan fingerprint density at radius 1 is 1.25 bits per heavy atom. The molecule has 1 unspecified atom stereocenters. The first-order valence-electron chi connectivity index (χ1n) is 9.46. The maximum atomic E-state index is 13.0. The Hall–Kier alpha value is -3.12. The summed E-state index contributed by atoms with van der Waals surface area (Å²) in [5.41, 5.74) is 0.650. The SMILES string of the molecule is Cc1ccc(CN2CCCC2C(=O)Nc2ccccc2Oc2cccnc2)o1. The molecule has 6 heteroatoms. The molecule has 1 N–H and O–H groups in total. The van der Waals surface area contributed by atoms with Crippen LogP contribution in [0.1, 0.15) is 24.4 Å². The highest BCUT2D eigenvalue weighted by atomic mass is 16.5. The monoisotopic (exact) mass is 377 g/mol. The third-order valence-electron chi connectivity index (χ3n) is 4.83. The van der Waals surface area contributed by atoms with Gasteiger partial charge in [0, 0.05) is 6.20 Å². The van der Waals surface area contributed by atoms with Crippen molar-refractivity contribution in [3.05, 3.63) is 72.4 Å². The Morgan fingerprint density at radius 2 is 2.14 bits per heavy atom. The predicted molar refractivity (Wildman–Crippen MR) is 106 cm³/mol. The van der Waals surface area contributed by atoms with Crippen LogP contribution in [0.25, 0.3) is 0 Å². The summed E-state index contributed by atoms with van der Waals surface area (Å²) in [6, 6.07) is 14.8. The molecule has 1 amide bonds. The summed E-state index contributed by atoms with van der Waals surface area (Å²) in [6.45, 7) is 3.45. The number of likely N-dealkylation sites (tertiary alicyclic amines) is 1. The number of pyridine rings is 1. The Labute approximate surface area is 164 Å². The van der Waals surface area contributed by atoms with E-state index in [1.807, 2.05) is 55.5 Å². The van der Waals surface area contributed by atoms with E-state index >= 15 is 0 Å². The summed E-state index contributed by atoms with van der Waals surface area (Å²) in [5.74, 6) is 2.96. The van der Waals surface area contributed by atoms with E-state index in [-0.39, 0.29) is 11.9 Å². The van der Waals surface area contributed by atoms with Gasteiger partial charge in [-0.2, -0.15) is 0 Å². The number of hydrogen-bond acceptors (Lipinski definition) is 5. The number of rotatable bonds is 6. The Morgan fingerprint density at radius 3 is 2.93 bits per heavy atom. The second-order valence-electron chi connectivity index (χ2n) is 6.92. The van der Waals surface area contributed by atoms with Gasteiger partial charge >= 0.3 is 0 Å². The molecule has 1 aliphatic rings. The molecule has 1 fully saturated rings. The van der Waals surface area contributed by atoms with Crippen LogP contribution in [-0.2, 0) is 11.3 Å². The van der Waals surface area contributed by atoms with Gasteiger partial charge in [-0.3, -0.25) is 14.7 Å². The van der Waals surface area contributed by atoms with Crippen LogP contribution in [0, 0.1) is 6.92 Å². The molecule has 28 heavy (non-hydrogen) atoms. The average Bonchev–Trinajstić information content (AvgIpc) is 3.33. The molecule has 1 atom stereocenters. The third-order valence-corrected chi connectivity index (χ3v) is 4.83. The van der Waals surface area contributed by atoms with Crippen LogP contribution in [0.4, 0.5) is 5.69 Å². The van der Waals surface area contributed by atoms with Gasteiger partial charge in [0.05, 0.1) is 24.5 Å².